The van der Waals surface area contributed by atoms with E-state index in [9.17, 15) is 0 Å². The molecule has 0 saturated heterocycles. The van der Waals surface area contributed by atoms with Gasteiger partial charge in [0.15, 0.2) is 5.79 Å². The summed E-state index contributed by atoms with van der Waals surface area (Å²) in [6, 6.07) is 0. The van der Waals surface area contributed by atoms with Gasteiger partial charge in [-0.25, -0.2) is 0 Å². The van der Waals surface area contributed by atoms with Crippen LogP contribution in [0.25, 0.3) is 0 Å². The van der Waals surface area contributed by atoms with Crippen LogP contribution in [0.4, 0.5) is 0 Å². The Bertz CT molecular complexity index is 193. The lowest BCUT2D eigenvalue weighted by atomic mass is 10.2. The maximum atomic E-state index is 5.90. The minimum absolute atomic E-state index is 0.477. The summed E-state index contributed by atoms with van der Waals surface area (Å²) in [6.45, 7) is 0. The van der Waals surface area contributed by atoms with E-state index in [1.807, 2.05) is 12.3 Å². The Kier molecular flexibility index (Phi) is 1.08. The van der Waals surface area contributed by atoms with Crippen molar-refractivity contribution in [2.75, 3.05) is 0 Å². The molecule has 2 rings (SSSR count). The molecule has 1 aliphatic heterocycles. The van der Waals surface area contributed by atoms with Gasteiger partial charge in [0.05, 0.1) is 0 Å². The van der Waals surface area contributed by atoms with Crippen LogP contribution in [0.2, 0.25) is 0 Å². The molecule has 0 bridgehead atoms. The molecule has 0 aromatic heterocycles. The van der Waals surface area contributed by atoms with Crippen molar-refractivity contribution < 1.29 is 0 Å². The Balaban J connectivity index is 2.14. The van der Waals surface area contributed by atoms with Gasteiger partial charge in [0, 0.05) is 18.3 Å². The van der Waals surface area contributed by atoms with E-state index in [1.165, 1.54) is 12.8 Å². The molecular formula is C7H11N3. The minimum Gasteiger partial charge on any atom is -0.355 e. The first kappa shape index (κ1) is 5.92. The first-order valence-corrected chi connectivity index (χ1v) is 3.58. The van der Waals surface area contributed by atoms with Crippen LogP contribution in [0, 0.1) is 5.92 Å². The molecule has 0 aromatic rings. The summed E-state index contributed by atoms with van der Waals surface area (Å²) in [5.74, 6) is 0.0723. The Morgan fingerprint density at radius 2 is 2.40 bits per heavy atom. The topological polar surface area (TPSA) is 50.4 Å². The second-order valence-electron chi connectivity index (χ2n) is 2.88. The van der Waals surface area contributed by atoms with Crippen molar-refractivity contribution >= 4 is 6.21 Å². The van der Waals surface area contributed by atoms with Crippen molar-refractivity contribution in [1.82, 2.24) is 5.32 Å². The van der Waals surface area contributed by atoms with Gasteiger partial charge < -0.3 is 5.32 Å². The summed E-state index contributed by atoms with van der Waals surface area (Å²) in [6.07, 6.45) is 7.87. The molecule has 1 aliphatic carbocycles. The van der Waals surface area contributed by atoms with Crippen molar-refractivity contribution in [3.8, 4) is 0 Å². The highest BCUT2D eigenvalue weighted by molar-refractivity contribution is 5.72. The average molecular weight is 137 g/mol. The summed E-state index contributed by atoms with van der Waals surface area (Å²) in [4.78, 5) is 4.18. The molecule has 1 atom stereocenters. The summed E-state index contributed by atoms with van der Waals surface area (Å²) >= 11 is 0. The molecule has 2 aliphatic rings. The van der Waals surface area contributed by atoms with Crippen molar-refractivity contribution in [2.45, 2.75) is 18.6 Å². The molecule has 3 nitrogen and oxygen atoms in total. The van der Waals surface area contributed by atoms with Gasteiger partial charge in [-0.3, -0.25) is 10.7 Å². The quantitative estimate of drug-likeness (QED) is 0.542. The Hall–Kier alpha value is -0.830. The SMILES string of the molecule is NC1(C2CC2)N=CC=CN1. The van der Waals surface area contributed by atoms with Gasteiger partial charge in [-0.2, -0.15) is 0 Å². The maximum Gasteiger partial charge on any atom is 0.184 e. The monoisotopic (exact) mass is 137 g/mol. The summed E-state index contributed by atoms with van der Waals surface area (Å²) in [5.41, 5.74) is 5.90. The average Bonchev–Trinajstić information content (AvgIpc) is 2.69. The minimum atomic E-state index is -0.477. The van der Waals surface area contributed by atoms with Crippen molar-refractivity contribution in [1.29, 1.82) is 0 Å². The van der Waals surface area contributed by atoms with E-state index in [2.05, 4.69) is 10.3 Å². The van der Waals surface area contributed by atoms with Crippen LogP contribution in [0.15, 0.2) is 17.3 Å². The van der Waals surface area contributed by atoms with Crippen molar-refractivity contribution in [2.24, 2.45) is 16.6 Å². The van der Waals surface area contributed by atoms with E-state index in [-0.39, 0.29) is 0 Å². The standard InChI is InChI=1S/C7H11N3/c8-7(6-2-3-6)9-4-1-5-10-7/h1,4-6,9H,2-3,8H2. The second kappa shape index (κ2) is 1.83. The van der Waals surface area contributed by atoms with Gasteiger partial charge in [0.1, 0.15) is 0 Å². The number of hydrogen-bond donors (Lipinski definition) is 2. The number of nitrogens with one attached hydrogen (secondary N) is 1. The normalized spacial score (nSPS) is 37.7. The zero-order chi connectivity index (χ0) is 7.03. The van der Waals surface area contributed by atoms with Crippen LogP contribution in [-0.2, 0) is 0 Å². The lowest BCUT2D eigenvalue weighted by molar-refractivity contribution is 0.343. The zero-order valence-corrected chi connectivity index (χ0v) is 5.75. The van der Waals surface area contributed by atoms with Crippen LogP contribution >= 0.6 is 0 Å². The largest absolute Gasteiger partial charge is 0.355 e. The highest BCUT2D eigenvalue weighted by Gasteiger charge is 2.41. The maximum absolute atomic E-state index is 5.90. The summed E-state index contributed by atoms with van der Waals surface area (Å²) < 4.78 is 0. The molecule has 0 radical (unpaired) electrons. The van der Waals surface area contributed by atoms with Crippen LogP contribution in [-0.4, -0.2) is 12.0 Å². The summed E-state index contributed by atoms with van der Waals surface area (Å²) in [7, 11) is 0. The number of hydrogen-bond acceptors (Lipinski definition) is 3. The highest BCUT2D eigenvalue weighted by Crippen LogP contribution is 2.37. The third-order valence-electron chi connectivity index (χ3n) is 1.98. The number of rotatable bonds is 1. The lowest BCUT2D eigenvalue weighted by Crippen LogP contribution is -2.52. The molecular weight excluding hydrogens is 126 g/mol. The van der Waals surface area contributed by atoms with E-state index in [4.69, 9.17) is 5.73 Å². The van der Waals surface area contributed by atoms with Crippen LogP contribution in [0.1, 0.15) is 12.8 Å². The number of aliphatic imine (C=N–C) groups is 1. The van der Waals surface area contributed by atoms with Gasteiger partial charge in [0.25, 0.3) is 0 Å². The third-order valence-corrected chi connectivity index (χ3v) is 1.98. The molecule has 0 spiro atoms. The number of nitrogens with zero attached hydrogens (tertiary/aromatic N) is 1. The third kappa shape index (κ3) is 0.827. The molecule has 10 heavy (non-hydrogen) atoms. The Morgan fingerprint density at radius 1 is 1.60 bits per heavy atom. The molecule has 0 amide bonds. The molecule has 0 aromatic carbocycles. The first-order chi connectivity index (χ1) is 4.81. The van der Waals surface area contributed by atoms with Gasteiger partial charge in [-0.1, -0.05) is 0 Å². The first-order valence-electron chi connectivity index (χ1n) is 3.58. The van der Waals surface area contributed by atoms with Crippen molar-refractivity contribution in [3.05, 3.63) is 12.3 Å². The molecule has 1 fully saturated rings. The fourth-order valence-electron chi connectivity index (χ4n) is 1.17. The molecule has 1 unspecified atom stereocenters. The predicted octanol–water partition coefficient (Wildman–Crippen LogP) is 0.197. The summed E-state index contributed by atoms with van der Waals surface area (Å²) in [5, 5.41) is 3.06. The molecule has 1 heterocycles. The fraction of sp³-hybridized carbons (Fsp3) is 0.571. The molecule has 3 heteroatoms. The molecule has 1 saturated carbocycles. The van der Waals surface area contributed by atoms with E-state index in [1.54, 1.807) is 6.21 Å². The van der Waals surface area contributed by atoms with Crippen LogP contribution in [0.3, 0.4) is 0 Å². The number of allylic oxidation sites excluding steroid dienone is 1. The van der Waals surface area contributed by atoms with Gasteiger partial charge in [-0.05, 0) is 18.9 Å². The van der Waals surface area contributed by atoms with E-state index < -0.39 is 5.79 Å². The van der Waals surface area contributed by atoms with Gasteiger partial charge in [0.2, 0.25) is 0 Å². The predicted molar refractivity (Wildman–Crippen MR) is 40.4 cm³/mol. The smallest absolute Gasteiger partial charge is 0.184 e. The van der Waals surface area contributed by atoms with Crippen LogP contribution < -0.4 is 11.1 Å². The fourth-order valence-corrected chi connectivity index (χ4v) is 1.17. The Morgan fingerprint density at radius 3 is 2.90 bits per heavy atom. The van der Waals surface area contributed by atoms with Crippen molar-refractivity contribution in [3.63, 3.8) is 0 Å². The van der Waals surface area contributed by atoms with Crippen LogP contribution in [0.5, 0.6) is 0 Å². The van der Waals surface area contributed by atoms with E-state index >= 15 is 0 Å². The molecule has 54 valence electrons. The highest BCUT2D eigenvalue weighted by atomic mass is 15.3. The lowest BCUT2D eigenvalue weighted by Gasteiger charge is -2.26. The van der Waals surface area contributed by atoms with E-state index in [0.717, 1.165) is 0 Å². The zero-order valence-electron chi connectivity index (χ0n) is 5.75. The second-order valence-corrected chi connectivity index (χ2v) is 2.88. The Labute approximate surface area is 60.0 Å². The molecule has 3 N–H and O–H groups in total. The van der Waals surface area contributed by atoms with E-state index in [0.29, 0.717) is 5.92 Å². The van der Waals surface area contributed by atoms with Gasteiger partial charge >= 0.3 is 0 Å². The number of nitrogens with two attached hydrogens (primary N) is 1. The van der Waals surface area contributed by atoms with Gasteiger partial charge in [-0.15, -0.1) is 0 Å².